The minimum atomic E-state index is -2.58. The summed E-state index contributed by atoms with van der Waals surface area (Å²) in [6.07, 6.45) is 4.63. The van der Waals surface area contributed by atoms with Crippen LogP contribution in [-0.4, -0.2) is 8.07 Å². The van der Waals surface area contributed by atoms with Gasteiger partial charge in [0.05, 0.1) is 0 Å². The Morgan fingerprint density at radius 3 is 0.764 bits per heavy atom. The summed E-state index contributed by atoms with van der Waals surface area (Å²) in [5.74, 6) is 0. The lowest BCUT2D eigenvalue weighted by molar-refractivity contribution is 1.28. The molecule has 0 fully saturated rings. The van der Waals surface area contributed by atoms with Crippen LogP contribution in [0.2, 0.25) is 0 Å². The van der Waals surface area contributed by atoms with Gasteiger partial charge in [0.2, 0.25) is 0 Å². The molecular weight excluding hydrogens is 681 g/mol. The first-order valence-corrected chi connectivity index (χ1v) is 20.9. The Bertz CT molecular complexity index is 2180. The molecule has 0 spiro atoms. The number of nitrogens with zero attached hydrogens (tertiary/aromatic N) is 2. The van der Waals surface area contributed by atoms with Gasteiger partial charge in [-0.15, -0.1) is 0 Å². The van der Waals surface area contributed by atoms with Crippen molar-refractivity contribution in [3.8, 4) is 0 Å². The van der Waals surface area contributed by atoms with Gasteiger partial charge in [-0.25, -0.2) is 0 Å². The van der Waals surface area contributed by atoms with Crippen molar-refractivity contribution in [2.75, 3.05) is 9.80 Å². The van der Waals surface area contributed by atoms with Crippen molar-refractivity contribution in [2.45, 2.75) is 0 Å². The second-order valence-corrected chi connectivity index (χ2v) is 17.0. The van der Waals surface area contributed by atoms with Crippen LogP contribution in [0.5, 0.6) is 0 Å². The van der Waals surface area contributed by atoms with Crippen molar-refractivity contribution in [1.82, 2.24) is 0 Å². The number of para-hydroxylation sites is 4. The quantitative estimate of drug-likeness (QED) is 0.116. The summed E-state index contributed by atoms with van der Waals surface area (Å²) in [5, 5.41) is 2.67. The Labute approximate surface area is 326 Å². The van der Waals surface area contributed by atoms with E-state index in [-0.39, 0.29) is 0 Å². The number of hydrogen-bond donors (Lipinski definition) is 0. The van der Waals surface area contributed by atoms with Gasteiger partial charge in [0.1, 0.15) is 0 Å². The van der Waals surface area contributed by atoms with E-state index in [2.05, 4.69) is 264 Å². The lowest BCUT2D eigenvalue weighted by Gasteiger charge is -2.27. The highest BCUT2D eigenvalue weighted by Crippen LogP contribution is 2.35. The summed E-state index contributed by atoms with van der Waals surface area (Å²) in [5.41, 5.74) is 14.0. The fourth-order valence-electron chi connectivity index (χ4n) is 7.16. The van der Waals surface area contributed by atoms with E-state index >= 15 is 0 Å². The zero-order valence-electron chi connectivity index (χ0n) is 30.6. The van der Waals surface area contributed by atoms with Gasteiger partial charge >= 0.3 is 0 Å². The Balaban J connectivity index is 1.15. The first-order valence-electron chi connectivity index (χ1n) is 18.8. The summed E-state index contributed by atoms with van der Waals surface area (Å²) < 4.78 is 0. The Morgan fingerprint density at radius 1 is 0.255 bits per heavy atom. The Hall–Kier alpha value is -6.94. The zero-order valence-corrected chi connectivity index (χ0v) is 31.6. The van der Waals surface area contributed by atoms with Gasteiger partial charge in [-0.3, -0.25) is 0 Å². The van der Waals surface area contributed by atoms with E-state index in [1.807, 2.05) is 0 Å². The van der Waals surface area contributed by atoms with Gasteiger partial charge in [-0.1, -0.05) is 181 Å². The van der Waals surface area contributed by atoms with Crippen molar-refractivity contribution >= 4 is 64.7 Å². The van der Waals surface area contributed by atoms with Crippen LogP contribution in [0.15, 0.2) is 242 Å². The smallest absolute Gasteiger partial charge is 0.165 e. The summed E-state index contributed by atoms with van der Waals surface area (Å²) in [4.78, 5) is 4.60. The Morgan fingerprint density at radius 2 is 0.491 bits per heavy atom. The first kappa shape index (κ1) is 35.1. The molecule has 2 nitrogen and oxygen atoms in total. The lowest BCUT2D eigenvalue weighted by Crippen LogP contribution is -2.55. The largest absolute Gasteiger partial charge is 0.311 e. The SMILES string of the molecule is C(=C[Si](C=Cc1ccc(N(c2ccccc2)c2ccccc2)cc1)(c1ccccc1)c1ccccc1)c1ccc(N(c2ccccc2)c2ccccc2)cc1. The van der Waals surface area contributed by atoms with Gasteiger partial charge in [-0.2, -0.15) is 0 Å². The van der Waals surface area contributed by atoms with Crippen molar-refractivity contribution in [3.63, 3.8) is 0 Å². The second kappa shape index (κ2) is 16.8. The molecule has 0 aliphatic carbocycles. The molecule has 0 atom stereocenters. The molecule has 0 bridgehead atoms. The number of rotatable bonds is 12. The van der Waals surface area contributed by atoms with Crippen LogP contribution < -0.4 is 20.2 Å². The molecule has 0 heterocycles. The number of hydrogen-bond acceptors (Lipinski definition) is 2. The molecular formula is C52H42N2Si. The topological polar surface area (TPSA) is 6.48 Å². The number of benzene rings is 8. The predicted octanol–water partition coefficient (Wildman–Crippen LogP) is 12.7. The van der Waals surface area contributed by atoms with Gasteiger partial charge in [-0.05, 0) is 94.3 Å². The van der Waals surface area contributed by atoms with E-state index in [1.54, 1.807) is 0 Å². The first-order chi connectivity index (χ1) is 27.3. The predicted molar refractivity (Wildman–Crippen MR) is 238 cm³/mol. The monoisotopic (exact) mass is 722 g/mol. The third kappa shape index (κ3) is 8.03. The van der Waals surface area contributed by atoms with Crippen molar-refractivity contribution in [3.05, 3.63) is 253 Å². The second-order valence-electron chi connectivity index (χ2n) is 13.5. The summed E-state index contributed by atoms with van der Waals surface area (Å²) in [7, 11) is -2.58. The van der Waals surface area contributed by atoms with E-state index in [0.717, 1.165) is 45.3 Å². The minimum absolute atomic E-state index is 1.12. The molecule has 0 aromatic heterocycles. The molecule has 55 heavy (non-hydrogen) atoms. The van der Waals surface area contributed by atoms with Gasteiger partial charge in [0.25, 0.3) is 0 Å². The van der Waals surface area contributed by atoms with Crippen molar-refractivity contribution in [2.24, 2.45) is 0 Å². The minimum Gasteiger partial charge on any atom is -0.311 e. The highest BCUT2D eigenvalue weighted by atomic mass is 28.3. The summed E-state index contributed by atoms with van der Waals surface area (Å²) >= 11 is 0. The average molecular weight is 723 g/mol. The fourth-order valence-corrected chi connectivity index (χ4v) is 10.8. The highest BCUT2D eigenvalue weighted by Gasteiger charge is 2.32. The maximum Gasteiger partial charge on any atom is 0.165 e. The maximum atomic E-state index is 2.48. The maximum absolute atomic E-state index is 2.58. The van der Waals surface area contributed by atoms with Crippen LogP contribution >= 0.6 is 0 Å². The van der Waals surface area contributed by atoms with Crippen LogP contribution in [0.25, 0.3) is 12.2 Å². The molecule has 8 aromatic carbocycles. The standard InChI is InChI=1S/C52H42N2Si/c1-7-19-45(20-8-1)53(46-21-9-2-10-22-46)49-35-31-43(32-36-49)39-41-55(51-27-15-5-16-28-51,52-29-17-6-18-30-52)42-40-44-33-37-50(38-34-44)54(47-23-11-3-12-24-47)48-25-13-4-14-26-48/h1-42H. The van der Waals surface area contributed by atoms with E-state index in [0.29, 0.717) is 0 Å². The van der Waals surface area contributed by atoms with E-state index in [9.17, 15) is 0 Å². The number of anilines is 6. The fraction of sp³-hybridized carbons (Fsp3) is 0. The molecule has 0 N–H and O–H groups in total. The summed E-state index contributed by atoms with van der Waals surface area (Å²) in [6.45, 7) is 0. The van der Waals surface area contributed by atoms with Crippen molar-refractivity contribution < 1.29 is 0 Å². The normalized spacial score (nSPS) is 11.5. The zero-order chi connectivity index (χ0) is 37.1. The third-order valence-corrected chi connectivity index (χ3v) is 13.9. The van der Waals surface area contributed by atoms with Crippen LogP contribution in [-0.2, 0) is 0 Å². The van der Waals surface area contributed by atoms with E-state index in [1.165, 1.54) is 10.4 Å². The van der Waals surface area contributed by atoms with Crippen molar-refractivity contribution in [1.29, 1.82) is 0 Å². The van der Waals surface area contributed by atoms with Gasteiger partial charge in [0.15, 0.2) is 8.07 Å². The molecule has 0 saturated carbocycles. The van der Waals surface area contributed by atoms with Gasteiger partial charge in [0, 0.05) is 34.1 Å². The Kier molecular flexibility index (Phi) is 10.7. The molecule has 3 heteroatoms. The molecule has 264 valence electrons. The molecule has 0 saturated heterocycles. The molecule has 8 aromatic rings. The molecule has 8 rings (SSSR count). The lowest BCUT2D eigenvalue weighted by atomic mass is 10.1. The summed E-state index contributed by atoms with van der Waals surface area (Å²) in [6, 6.07) is 82.0. The molecule has 0 radical (unpaired) electrons. The van der Waals surface area contributed by atoms with E-state index < -0.39 is 8.07 Å². The van der Waals surface area contributed by atoms with Crippen LogP contribution in [0.3, 0.4) is 0 Å². The van der Waals surface area contributed by atoms with Crippen LogP contribution in [0.1, 0.15) is 11.1 Å². The van der Waals surface area contributed by atoms with Crippen LogP contribution in [0.4, 0.5) is 34.1 Å². The third-order valence-electron chi connectivity index (χ3n) is 9.94. The highest BCUT2D eigenvalue weighted by molar-refractivity contribution is 7.10. The molecule has 0 aliphatic rings. The molecule has 0 unspecified atom stereocenters. The van der Waals surface area contributed by atoms with E-state index in [4.69, 9.17) is 0 Å². The molecule has 0 aliphatic heterocycles. The molecule has 0 amide bonds. The average Bonchev–Trinajstić information content (AvgIpc) is 3.27. The van der Waals surface area contributed by atoms with Gasteiger partial charge < -0.3 is 9.80 Å². The van der Waals surface area contributed by atoms with Crippen LogP contribution in [0, 0.1) is 0 Å².